The highest BCUT2D eigenvalue weighted by Gasteiger charge is 2.33. The summed E-state index contributed by atoms with van der Waals surface area (Å²) in [5.74, 6) is -1.75. The summed E-state index contributed by atoms with van der Waals surface area (Å²) in [6.07, 6.45) is 2.71. The molecule has 2 aliphatic rings. The van der Waals surface area contributed by atoms with Gasteiger partial charge in [0.2, 0.25) is 11.8 Å². The van der Waals surface area contributed by atoms with Gasteiger partial charge in [-0.05, 0) is 37.8 Å². The topological polar surface area (TPSA) is 74.8 Å². The summed E-state index contributed by atoms with van der Waals surface area (Å²) in [5, 5.41) is -0.583. The third-order valence-corrected chi connectivity index (χ3v) is 5.82. The van der Waals surface area contributed by atoms with Crippen molar-refractivity contribution < 1.29 is 19.2 Å². The average molecular weight is 425 g/mol. The first-order valence-corrected chi connectivity index (χ1v) is 10.3. The molecule has 2 aliphatic heterocycles. The summed E-state index contributed by atoms with van der Waals surface area (Å²) in [5.41, 5.74) is 0.238. The van der Waals surface area contributed by atoms with Gasteiger partial charge < -0.3 is 0 Å². The van der Waals surface area contributed by atoms with Crippen LogP contribution in [0.15, 0.2) is 24.3 Å². The molecule has 1 aromatic rings. The van der Waals surface area contributed by atoms with E-state index in [1.54, 1.807) is 12.1 Å². The van der Waals surface area contributed by atoms with Crippen molar-refractivity contribution in [1.82, 2.24) is 9.80 Å². The van der Waals surface area contributed by atoms with Crippen molar-refractivity contribution in [3.05, 3.63) is 35.4 Å². The Kier molecular flexibility index (Phi) is 6.73. The van der Waals surface area contributed by atoms with Crippen LogP contribution in [0.3, 0.4) is 0 Å². The van der Waals surface area contributed by atoms with E-state index >= 15 is 0 Å². The number of halogens is 2. The first kappa shape index (κ1) is 20.8. The maximum absolute atomic E-state index is 13.1. The third-order valence-electron chi connectivity index (χ3n) is 5.07. The van der Waals surface area contributed by atoms with Crippen molar-refractivity contribution in [2.45, 2.75) is 49.3 Å². The van der Waals surface area contributed by atoms with Gasteiger partial charge in [-0.1, -0.05) is 12.1 Å². The van der Waals surface area contributed by atoms with Crippen LogP contribution in [0.1, 0.15) is 59.2 Å². The van der Waals surface area contributed by atoms with Gasteiger partial charge in [-0.25, -0.2) is 0 Å². The molecule has 0 aliphatic carbocycles. The van der Waals surface area contributed by atoms with Crippen molar-refractivity contribution in [1.29, 1.82) is 0 Å². The molecule has 2 fully saturated rings. The SMILES string of the molecule is O=C1CC(Cl)CCCN1C(=O)c1ccccc1C(=O)N1CCCC(Cl)CC1=O. The summed E-state index contributed by atoms with van der Waals surface area (Å²) in [7, 11) is 0. The average Bonchev–Trinajstić information content (AvgIpc) is 2.94. The van der Waals surface area contributed by atoms with Crippen LogP contribution in [0, 0.1) is 0 Å². The molecule has 3 rings (SSSR count). The highest BCUT2D eigenvalue weighted by molar-refractivity contribution is 6.23. The van der Waals surface area contributed by atoms with E-state index in [1.165, 1.54) is 12.1 Å². The molecule has 4 amide bonds. The van der Waals surface area contributed by atoms with Gasteiger partial charge in [0.1, 0.15) is 0 Å². The number of alkyl halides is 2. The molecular formula is C20H22Cl2N2O4. The predicted molar refractivity (Wildman–Crippen MR) is 106 cm³/mol. The van der Waals surface area contributed by atoms with E-state index in [1.807, 2.05) is 0 Å². The Labute approximate surface area is 173 Å². The van der Waals surface area contributed by atoms with Gasteiger partial charge in [0, 0.05) is 36.7 Å². The summed E-state index contributed by atoms with van der Waals surface area (Å²) in [6, 6.07) is 6.29. The lowest BCUT2D eigenvalue weighted by atomic mass is 10.0. The fourth-order valence-corrected chi connectivity index (χ4v) is 4.14. The number of hydrogen-bond donors (Lipinski definition) is 0. The van der Waals surface area contributed by atoms with Gasteiger partial charge in [0.05, 0.1) is 11.1 Å². The zero-order valence-electron chi connectivity index (χ0n) is 15.4. The Hall–Kier alpha value is -1.92. The van der Waals surface area contributed by atoms with Crippen LogP contribution >= 0.6 is 23.2 Å². The van der Waals surface area contributed by atoms with Crippen LogP contribution < -0.4 is 0 Å². The second kappa shape index (κ2) is 9.05. The predicted octanol–water partition coefficient (Wildman–Crippen LogP) is 3.21. The molecule has 1 aromatic carbocycles. The van der Waals surface area contributed by atoms with E-state index in [9.17, 15) is 19.2 Å². The van der Waals surface area contributed by atoms with Crippen molar-refractivity contribution in [3.63, 3.8) is 0 Å². The number of carbonyl (C=O) groups is 4. The maximum atomic E-state index is 13.1. The van der Waals surface area contributed by atoms with E-state index in [0.29, 0.717) is 25.7 Å². The Morgan fingerprint density at radius 2 is 1.18 bits per heavy atom. The zero-order chi connectivity index (χ0) is 20.3. The van der Waals surface area contributed by atoms with Crippen LogP contribution in [0.25, 0.3) is 0 Å². The van der Waals surface area contributed by atoms with E-state index in [-0.39, 0.29) is 59.6 Å². The summed E-state index contributed by atoms with van der Waals surface area (Å²) in [6.45, 7) is 0.528. The number of carbonyl (C=O) groups excluding carboxylic acids is 4. The second-order valence-corrected chi connectivity index (χ2v) is 8.37. The lowest BCUT2D eigenvalue weighted by Gasteiger charge is -2.23. The number of likely N-dealkylation sites (tertiary alicyclic amines) is 2. The van der Waals surface area contributed by atoms with Crippen LogP contribution in [0.5, 0.6) is 0 Å². The molecule has 0 aromatic heterocycles. The molecule has 2 atom stereocenters. The van der Waals surface area contributed by atoms with Gasteiger partial charge in [0.15, 0.2) is 0 Å². The normalized spacial score (nSPS) is 23.9. The Bertz CT molecular complexity index is 733. The van der Waals surface area contributed by atoms with Crippen LogP contribution in [-0.4, -0.2) is 57.3 Å². The first-order chi connectivity index (χ1) is 13.4. The quantitative estimate of drug-likeness (QED) is 0.539. The number of benzene rings is 1. The van der Waals surface area contributed by atoms with Crippen molar-refractivity contribution in [2.75, 3.05) is 13.1 Å². The smallest absolute Gasteiger partial charge is 0.261 e. The molecule has 8 heteroatoms. The Morgan fingerprint density at radius 1 is 0.786 bits per heavy atom. The number of nitrogens with zero attached hydrogens (tertiary/aromatic N) is 2. The lowest BCUT2D eigenvalue weighted by Crippen LogP contribution is -2.40. The molecule has 2 heterocycles. The summed E-state index contributed by atoms with van der Waals surface area (Å²) >= 11 is 12.2. The number of amides is 4. The Balaban J connectivity index is 1.88. The minimum absolute atomic E-state index is 0.0884. The molecule has 0 radical (unpaired) electrons. The molecule has 2 unspecified atom stereocenters. The van der Waals surface area contributed by atoms with Crippen LogP contribution in [-0.2, 0) is 9.59 Å². The monoisotopic (exact) mass is 424 g/mol. The van der Waals surface area contributed by atoms with Gasteiger partial charge in [0.25, 0.3) is 11.8 Å². The van der Waals surface area contributed by atoms with E-state index in [4.69, 9.17) is 23.2 Å². The first-order valence-electron chi connectivity index (χ1n) is 9.45. The number of imide groups is 2. The van der Waals surface area contributed by atoms with Crippen LogP contribution in [0.2, 0.25) is 0 Å². The van der Waals surface area contributed by atoms with Crippen molar-refractivity contribution in [2.24, 2.45) is 0 Å². The molecule has 0 bridgehead atoms. The van der Waals surface area contributed by atoms with Gasteiger partial charge in [-0.2, -0.15) is 0 Å². The van der Waals surface area contributed by atoms with E-state index in [2.05, 4.69) is 0 Å². The minimum atomic E-state index is -0.530. The fraction of sp³-hybridized carbons (Fsp3) is 0.500. The molecule has 28 heavy (non-hydrogen) atoms. The van der Waals surface area contributed by atoms with E-state index in [0.717, 1.165) is 9.80 Å². The maximum Gasteiger partial charge on any atom is 0.261 e. The fourth-order valence-electron chi connectivity index (χ4n) is 3.57. The molecule has 0 saturated carbocycles. The zero-order valence-corrected chi connectivity index (χ0v) is 16.9. The highest BCUT2D eigenvalue weighted by Crippen LogP contribution is 2.23. The molecule has 0 N–H and O–H groups in total. The van der Waals surface area contributed by atoms with Crippen LogP contribution in [0.4, 0.5) is 0 Å². The third kappa shape index (κ3) is 4.55. The Morgan fingerprint density at radius 3 is 1.57 bits per heavy atom. The second-order valence-electron chi connectivity index (χ2n) is 7.13. The minimum Gasteiger partial charge on any atom is -0.278 e. The van der Waals surface area contributed by atoms with Crippen molar-refractivity contribution >= 4 is 46.8 Å². The standard InChI is InChI=1S/C20H22Cl2N2O4/c21-13-5-3-9-23(17(25)11-13)19(27)15-7-1-2-8-16(15)20(28)24-10-4-6-14(22)12-18(24)26/h1-2,7-8,13-14H,3-6,9-12H2. The number of hydrogen-bond acceptors (Lipinski definition) is 4. The van der Waals surface area contributed by atoms with Crippen molar-refractivity contribution in [3.8, 4) is 0 Å². The highest BCUT2D eigenvalue weighted by atomic mass is 35.5. The summed E-state index contributed by atoms with van der Waals surface area (Å²) in [4.78, 5) is 53.3. The van der Waals surface area contributed by atoms with Gasteiger partial charge in [-0.3, -0.25) is 29.0 Å². The number of rotatable bonds is 2. The largest absolute Gasteiger partial charge is 0.278 e. The summed E-state index contributed by atoms with van der Waals surface area (Å²) < 4.78 is 0. The molecule has 2 saturated heterocycles. The van der Waals surface area contributed by atoms with E-state index < -0.39 is 11.8 Å². The molecule has 0 spiro atoms. The van der Waals surface area contributed by atoms with Gasteiger partial charge >= 0.3 is 0 Å². The molecular weight excluding hydrogens is 403 g/mol. The lowest BCUT2D eigenvalue weighted by molar-refractivity contribution is -0.129. The molecule has 150 valence electrons. The van der Waals surface area contributed by atoms with Gasteiger partial charge in [-0.15, -0.1) is 23.2 Å². The molecule has 6 nitrogen and oxygen atoms in total.